The molecule has 6 nitrogen and oxygen atoms in total. The Hall–Kier alpha value is -1.95. The fourth-order valence-corrected chi connectivity index (χ4v) is 3.47. The highest BCUT2D eigenvalue weighted by Crippen LogP contribution is 2.20. The second-order valence-corrected chi connectivity index (χ2v) is 6.72. The summed E-state index contributed by atoms with van der Waals surface area (Å²) in [7, 11) is 0. The van der Waals surface area contributed by atoms with E-state index in [9.17, 15) is 9.59 Å². The van der Waals surface area contributed by atoms with Gasteiger partial charge in [0.15, 0.2) is 0 Å². The molecule has 0 bridgehead atoms. The molecule has 2 aliphatic rings. The lowest BCUT2D eigenvalue weighted by molar-refractivity contribution is -0.129. The highest BCUT2D eigenvalue weighted by molar-refractivity contribution is 5.89. The molecule has 24 heavy (non-hydrogen) atoms. The summed E-state index contributed by atoms with van der Waals surface area (Å²) in [5.41, 5.74) is 1.05. The van der Waals surface area contributed by atoms with Gasteiger partial charge < -0.3 is 15.1 Å². The summed E-state index contributed by atoms with van der Waals surface area (Å²) in [6, 6.07) is 3.80. The number of nitrogens with one attached hydrogen (secondary N) is 1. The van der Waals surface area contributed by atoms with E-state index in [0.29, 0.717) is 26.1 Å². The maximum Gasteiger partial charge on any atom is 0.225 e. The molecule has 2 fully saturated rings. The van der Waals surface area contributed by atoms with Crippen molar-refractivity contribution >= 4 is 11.8 Å². The van der Waals surface area contributed by atoms with Crippen LogP contribution < -0.4 is 5.32 Å². The van der Waals surface area contributed by atoms with Gasteiger partial charge in [0.1, 0.15) is 0 Å². The molecule has 1 aromatic heterocycles. The van der Waals surface area contributed by atoms with Gasteiger partial charge in [0, 0.05) is 45.0 Å². The number of hydrogen-bond acceptors (Lipinski definition) is 4. The molecule has 3 heterocycles. The van der Waals surface area contributed by atoms with Gasteiger partial charge in [-0.15, -0.1) is 0 Å². The molecular formula is C18H26N4O2. The molecule has 1 N–H and O–H groups in total. The highest BCUT2D eigenvalue weighted by Gasteiger charge is 2.34. The van der Waals surface area contributed by atoms with Crippen molar-refractivity contribution in [3.05, 3.63) is 30.1 Å². The van der Waals surface area contributed by atoms with Crippen LogP contribution in [0.4, 0.5) is 0 Å². The van der Waals surface area contributed by atoms with Gasteiger partial charge in [0.05, 0.1) is 5.92 Å². The lowest BCUT2D eigenvalue weighted by Crippen LogP contribution is -2.40. The van der Waals surface area contributed by atoms with Crippen LogP contribution in [0.2, 0.25) is 0 Å². The number of aromatic nitrogens is 1. The monoisotopic (exact) mass is 330 g/mol. The Morgan fingerprint density at radius 3 is 2.71 bits per heavy atom. The molecule has 2 aliphatic heterocycles. The van der Waals surface area contributed by atoms with E-state index >= 15 is 0 Å². The Morgan fingerprint density at radius 1 is 1.21 bits per heavy atom. The predicted octanol–water partition coefficient (Wildman–Crippen LogP) is 1.03. The molecule has 2 saturated heterocycles. The van der Waals surface area contributed by atoms with E-state index in [-0.39, 0.29) is 17.7 Å². The van der Waals surface area contributed by atoms with E-state index in [1.54, 1.807) is 17.3 Å². The van der Waals surface area contributed by atoms with Crippen LogP contribution in [0, 0.1) is 5.92 Å². The summed E-state index contributed by atoms with van der Waals surface area (Å²) >= 11 is 0. The molecule has 1 aromatic rings. The molecule has 0 radical (unpaired) electrons. The third-order valence-corrected chi connectivity index (χ3v) is 4.88. The Bertz CT molecular complexity index is 557. The number of amides is 2. The van der Waals surface area contributed by atoms with Crippen molar-refractivity contribution in [2.24, 2.45) is 5.92 Å². The molecule has 0 saturated carbocycles. The van der Waals surface area contributed by atoms with E-state index in [4.69, 9.17) is 0 Å². The molecular weight excluding hydrogens is 304 g/mol. The third kappa shape index (κ3) is 4.54. The number of pyridine rings is 1. The zero-order chi connectivity index (χ0) is 16.8. The number of piperidine rings is 1. The maximum absolute atomic E-state index is 12.3. The fourth-order valence-electron chi connectivity index (χ4n) is 3.47. The number of rotatable bonds is 6. The molecule has 0 aromatic carbocycles. The molecule has 2 amide bonds. The van der Waals surface area contributed by atoms with Crippen LogP contribution in [0.25, 0.3) is 0 Å². The topological polar surface area (TPSA) is 65.5 Å². The van der Waals surface area contributed by atoms with Crippen LogP contribution in [0.3, 0.4) is 0 Å². The Kier molecular flexibility index (Phi) is 5.80. The van der Waals surface area contributed by atoms with E-state index in [1.807, 2.05) is 12.1 Å². The third-order valence-electron chi connectivity index (χ3n) is 4.88. The van der Waals surface area contributed by atoms with E-state index < -0.39 is 0 Å². The summed E-state index contributed by atoms with van der Waals surface area (Å²) in [4.78, 5) is 32.6. The van der Waals surface area contributed by atoms with E-state index in [0.717, 1.165) is 25.2 Å². The number of nitrogens with zero attached hydrogens (tertiary/aromatic N) is 3. The van der Waals surface area contributed by atoms with Crippen LogP contribution in [-0.4, -0.2) is 59.3 Å². The average molecular weight is 330 g/mol. The largest absolute Gasteiger partial charge is 0.355 e. The van der Waals surface area contributed by atoms with Gasteiger partial charge in [-0.1, -0.05) is 6.42 Å². The quantitative estimate of drug-likeness (QED) is 0.846. The average Bonchev–Trinajstić information content (AvgIpc) is 2.97. The summed E-state index contributed by atoms with van der Waals surface area (Å²) in [6.45, 7) is 4.92. The SMILES string of the molecule is O=C(NCCN1CCCCC1)[C@@H]1CC(=O)N(Cc2ccncc2)C1. The number of carbonyl (C=O) groups is 2. The number of likely N-dealkylation sites (tertiary alicyclic amines) is 2. The standard InChI is InChI=1S/C18H26N4O2/c23-17-12-16(14-22(17)13-15-4-6-19-7-5-15)18(24)20-8-11-21-9-2-1-3-10-21/h4-7,16H,1-3,8-14H2,(H,20,24)/t16-/m1/s1. The molecule has 3 rings (SSSR count). The summed E-state index contributed by atoms with van der Waals surface area (Å²) in [5.74, 6) is -0.152. The van der Waals surface area contributed by atoms with Crippen molar-refractivity contribution in [3.63, 3.8) is 0 Å². The van der Waals surface area contributed by atoms with Crippen LogP contribution in [0.5, 0.6) is 0 Å². The zero-order valence-corrected chi connectivity index (χ0v) is 14.1. The van der Waals surface area contributed by atoms with Gasteiger partial charge in [0.2, 0.25) is 11.8 Å². The lowest BCUT2D eigenvalue weighted by Gasteiger charge is -2.26. The second kappa shape index (κ2) is 8.24. The van der Waals surface area contributed by atoms with Gasteiger partial charge >= 0.3 is 0 Å². The Balaban J connectivity index is 1.42. The van der Waals surface area contributed by atoms with Crippen molar-refractivity contribution in [1.82, 2.24) is 20.1 Å². The number of hydrogen-bond donors (Lipinski definition) is 1. The molecule has 0 aliphatic carbocycles. The van der Waals surface area contributed by atoms with Crippen molar-refractivity contribution in [3.8, 4) is 0 Å². The van der Waals surface area contributed by atoms with Crippen molar-refractivity contribution in [2.75, 3.05) is 32.7 Å². The van der Waals surface area contributed by atoms with Gasteiger partial charge in [-0.2, -0.15) is 0 Å². The van der Waals surface area contributed by atoms with E-state index in [2.05, 4.69) is 15.2 Å². The zero-order valence-electron chi connectivity index (χ0n) is 14.1. The van der Waals surface area contributed by atoms with Gasteiger partial charge in [-0.05, 0) is 43.6 Å². The molecule has 130 valence electrons. The van der Waals surface area contributed by atoms with E-state index in [1.165, 1.54) is 19.3 Å². The first-order valence-corrected chi connectivity index (χ1v) is 8.89. The van der Waals surface area contributed by atoms with Gasteiger partial charge in [0.25, 0.3) is 0 Å². The lowest BCUT2D eigenvalue weighted by atomic mass is 10.1. The smallest absolute Gasteiger partial charge is 0.225 e. The van der Waals surface area contributed by atoms with Crippen molar-refractivity contribution in [2.45, 2.75) is 32.2 Å². The first-order chi connectivity index (χ1) is 11.7. The van der Waals surface area contributed by atoms with Crippen LogP contribution >= 0.6 is 0 Å². The Morgan fingerprint density at radius 2 is 1.96 bits per heavy atom. The fraction of sp³-hybridized carbons (Fsp3) is 0.611. The second-order valence-electron chi connectivity index (χ2n) is 6.72. The summed E-state index contributed by atoms with van der Waals surface area (Å²) in [6.07, 6.45) is 7.60. The first-order valence-electron chi connectivity index (χ1n) is 8.89. The Labute approximate surface area is 143 Å². The van der Waals surface area contributed by atoms with Gasteiger partial charge in [-0.3, -0.25) is 14.6 Å². The minimum Gasteiger partial charge on any atom is -0.355 e. The molecule has 0 spiro atoms. The predicted molar refractivity (Wildman–Crippen MR) is 91.1 cm³/mol. The first kappa shape index (κ1) is 16.9. The minimum absolute atomic E-state index is 0.0117. The van der Waals surface area contributed by atoms with Crippen molar-refractivity contribution < 1.29 is 9.59 Å². The molecule has 0 unspecified atom stereocenters. The summed E-state index contributed by atoms with van der Waals surface area (Å²) < 4.78 is 0. The van der Waals surface area contributed by atoms with Crippen LogP contribution in [-0.2, 0) is 16.1 Å². The molecule has 1 atom stereocenters. The number of carbonyl (C=O) groups excluding carboxylic acids is 2. The highest BCUT2D eigenvalue weighted by atomic mass is 16.2. The summed E-state index contributed by atoms with van der Waals surface area (Å²) in [5, 5.41) is 3.01. The minimum atomic E-state index is -0.222. The van der Waals surface area contributed by atoms with Crippen LogP contribution in [0.1, 0.15) is 31.2 Å². The normalized spacial score (nSPS) is 21.9. The maximum atomic E-state index is 12.3. The molecule has 6 heteroatoms. The van der Waals surface area contributed by atoms with Gasteiger partial charge in [-0.25, -0.2) is 0 Å². The van der Waals surface area contributed by atoms with Crippen molar-refractivity contribution in [1.29, 1.82) is 0 Å². The van der Waals surface area contributed by atoms with Crippen LogP contribution in [0.15, 0.2) is 24.5 Å².